The van der Waals surface area contributed by atoms with E-state index in [0.717, 1.165) is 26.2 Å². The van der Waals surface area contributed by atoms with Crippen LogP contribution in [-0.4, -0.2) is 47.0 Å². The molecule has 1 aliphatic heterocycles. The predicted molar refractivity (Wildman–Crippen MR) is 77.5 cm³/mol. The van der Waals surface area contributed by atoms with E-state index in [-0.39, 0.29) is 10.6 Å². The van der Waals surface area contributed by atoms with Crippen molar-refractivity contribution in [3.8, 4) is 0 Å². The van der Waals surface area contributed by atoms with Gasteiger partial charge in [-0.3, -0.25) is 15.0 Å². The SMILES string of the molecule is CCN1CCN(c2ncc(Br)cc2[N+](=O)[O-])CC1C. The predicted octanol–water partition coefficient (Wildman–Crippen LogP) is 2.28. The Morgan fingerprint density at radius 3 is 2.89 bits per heavy atom. The number of halogens is 1. The zero-order valence-electron chi connectivity index (χ0n) is 11.0. The van der Waals surface area contributed by atoms with Crippen LogP contribution in [0.4, 0.5) is 11.5 Å². The molecule has 0 amide bonds. The Kier molecular flexibility index (Phi) is 4.36. The molecule has 7 heteroatoms. The molecule has 2 rings (SSSR count). The van der Waals surface area contributed by atoms with Crippen LogP contribution < -0.4 is 4.90 Å². The van der Waals surface area contributed by atoms with E-state index in [0.29, 0.717) is 16.3 Å². The second-order valence-corrected chi connectivity index (χ2v) is 5.59. The Bertz CT molecular complexity index is 483. The van der Waals surface area contributed by atoms with Crippen molar-refractivity contribution in [2.24, 2.45) is 0 Å². The highest BCUT2D eigenvalue weighted by molar-refractivity contribution is 9.10. The van der Waals surface area contributed by atoms with Gasteiger partial charge in [0.25, 0.3) is 0 Å². The minimum atomic E-state index is -0.371. The molecule has 1 aromatic rings. The Hall–Kier alpha value is -1.21. The number of likely N-dealkylation sites (N-methyl/N-ethyl adjacent to an activating group) is 1. The normalized spacial score (nSPS) is 20.6. The third kappa shape index (κ3) is 3.03. The lowest BCUT2D eigenvalue weighted by Crippen LogP contribution is -2.52. The molecule has 2 heterocycles. The standard InChI is InChI=1S/C12H17BrN4O2/c1-3-15-4-5-16(8-9(15)2)12-11(17(18)19)6-10(13)7-14-12/h6-7,9H,3-5,8H2,1-2H3. The van der Waals surface area contributed by atoms with Gasteiger partial charge >= 0.3 is 5.69 Å². The Balaban J connectivity index is 2.25. The van der Waals surface area contributed by atoms with E-state index in [2.05, 4.69) is 39.7 Å². The fraction of sp³-hybridized carbons (Fsp3) is 0.583. The third-order valence-electron chi connectivity index (χ3n) is 3.48. The van der Waals surface area contributed by atoms with Crippen molar-refractivity contribution in [2.75, 3.05) is 31.1 Å². The van der Waals surface area contributed by atoms with E-state index in [1.165, 1.54) is 6.07 Å². The van der Waals surface area contributed by atoms with E-state index < -0.39 is 0 Å². The topological polar surface area (TPSA) is 62.5 Å². The maximum absolute atomic E-state index is 11.1. The molecule has 1 aliphatic rings. The molecule has 0 aromatic carbocycles. The Labute approximate surface area is 120 Å². The number of pyridine rings is 1. The van der Waals surface area contributed by atoms with Crippen LogP contribution in [0.15, 0.2) is 16.7 Å². The highest BCUT2D eigenvalue weighted by Crippen LogP contribution is 2.29. The quantitative estimate of drug-likeness (QED) is 0.629. The Morgan fingerprint density at radius 2 is 2.32 bits per heavy atom. The molecule has 0 radical (unpaired) electrons. The van der Waals surface area contributed by atoms with Gasteiger partial charge in [0.15, 0.2) is 0 Å². The fourth-order valence-corrected chi connectivity index (χ4v) is 2.78. The van der Waals surface area contributed by atoms with Crippen molar-refractivity contribution in [3.05, 3.63) is 26.9 Å². The van der Waals surface area contributed by atoms with Gasteiger partial charge in [0.05, 0.1) is 4.92 Å². The zero-order valence-corrected chi connectivity index (χ0v) is 12.6. The van der Waals surface area contributed by atoms with Crippen LogP contribution in [0.1, 0.15) is 13.8 Å². The molecule has 6 nitrogen and oxygen atoms in total. The van der Waals surface area contributed by atoms with E-state index in [4.69, 9.17) is 0 Å². The Morgan fingerprint density at radius 1 is 1.58 bits per heavy atom. The average molecular weight is 329 g/mol. The highest BCUT2D eigenvalue weighted by atomic mass is 79.9. The molecule has 0 spiro atoms. The number of anilines is 1. The fourth-order valence-electron chi connectivity index (χ4n) is 2.46. The van der Waals surface area contributed by atoms with Crippen LogP contribution in [0.3, 0.4) is 0 Å². The van der Waals surface area contributed by atoms with Crippen LogP contribution in [-0.2, 0) is 0 Å². The molecule has 1 saturated heterocycles. The van der Waals surface area contributed by atoms with Crippen molar-refractivity contribution < 1.29 is 4.92 Å². The van der Waals surface area contributed by atoms with E-state index in [1.54, 1.807) is 6.20 Å². The van der Waals surface area contributed by atoms with Crippen LogP contribution in [0.5, 0.6) is 0 Å². The van der Waals surface area contributed by atoms with Crippen LogP contribution in [0.2, 0.25) is 0 Å². The second-order valence-electron chi connectivity index (χ2n) is 4.68. The van der Waals surface area contributed by atoms with E-state index >= 15 is 0 Å². The summed E-state index contributed by atoms with van der Waals surface area (Å²) >= 11 is 3.23. The number of hydrogen-bond acceptors (Lipinski definition) is 5. The van der Waals surface area contributed by atoms with Crippen molar-refractivity contribution in [2.45, 2.75) is 19.9 Å². The van der Waals surface area contributed by atoms with Gasteiger partial charge in [0, 0.05) is 42.4 Å². The molecule has 1 unspecified atom stereocenters. The number of hydrogen-bond donors (Lipinski definition) is 0. The number of piperazine rings is 1. The molecule has 0 bridgehead atoms. The van der Waals surface area contributed by atoms with Crippen molar-refractivity contribution >= 4 is 27.4 Å². The summed E-state index contributed by atoms with van der Waals surface area (Å²) in [7, 11) is 0. The minimum absolute atomic E-state index is 0.0616. The summed E-state index contributed by atoms with van der Waals surface area (Å²) < 4.78 is 0.628. The summed E-state index contributed by atoms with van der Waals surface area (Å²) in [5, 5.41) is 11.1. The number of nitrogens with zero attached hydrogens (tertiary/aromatic N) is 4. The first-order valence-electron chi connectivity index (χ1n) is 6.31. The summed E-state index contributed by atoms with van der Waals surface area (Å²) in [5.74, 6) is 0.468. The third-order valence-corrected chi connectivity index (χ3v) is 3.92. The summed E-state index contributed by atoms with van der Waals surface area (Å²) in [6, 6.07) is 1.89. The van der Waals surface area contributed by atoms with Gasteiger partial charge in [-0.05, 0) is 29.4 Å². The first kappa shape index (κ1) is 14.2. The molecule has 0 aliphatic carbocycles. The second kappa shape index (κ2) is 5.83. The summed E-state index contributed by atoms with van der Waals surface area (Å²) in [5.41, 5.74) is 0.0616. The molecular weight excluding hydrogens is 312 g/mol. The maximum atomic E-state index is 11.1. The first-order chi connectivity index (χ1) is 9.02. The molecule has 0 N–H and O–H groups in total. The van der Waals surface area contributed by atoms with Gasteiger partial charge < -0.3 is 4.90 Å². The lowest BCUT2D eigenvalue weighted by Gasteiger charge is -2.39. The molecule has 1 aromatic heterocycles. The van der Waals surface area contributed by atoms with Gasteiger partial charge in [-0.15, -0.1) is 0 Å². The average Bonchev–Trinajstić information content (AvgIpc) is 2.38. The molecule has 0 saturated carbocycles. The lowest BCUT2D eigenvalue weighted by atomic mass is 10.2. The van der Waals surface area contributed by atoms with Gasteiger partial charge in [-0.2, -0.15) is 0 Å². The van der Waals surface area contributed by atoms with Crippen molar-refractivity contribution in [1.29, 1.82) is 0 Å². The minimum Gasteiger partial charge on any atom is -0.348 e. The molecule has 19 heavy (non-hydrogen) atoms. The number of nitro groups is 1. The molecule has 1 fully saturated rings. The van der Waals surface area contributed by atoms with Crippen LogP contribution >= 0.6 is 15.9 Å². The lowest BCUT2D eigenvalue weighted by molar-refractivity contribution is -0.384. The maximum Gasteiger partial charge on any atom is 0.312 e. The molecular formula is C12H17BrN4O2. The highest BCUT2D eigenvalue weighted by Gasteiger charge is 2.28. The summed E-state index contributed by atoms with van der Waals surface area (Å²) in [6.45, 7) is 7.72. The van der Waals surface area contributed by atoms with Gasteiger partial charge in [-0.1, -0.05) is 6.92 Å². The van der Waals surface area contributed by atoms with Gasteiger partial charge in [0.1, 0.15) is 0 Å². The largest absolute Gasteiger partial charge is 0.348 e. The number of aromatic nitrogens is 1. The monoisotopic (exact) mass is 328 g/mol. The van der Waals surface area contributed by atoms with E-state index in [1.807, 2.05) is 4.90 Å². The van der Waals surface area contributed by atoms with Crippen molar-refractivity contribution in [3.63, 3.8) is 0 Å². The van der Waals surface area contributed by atoms with E-state index in [9.17, 15) is 10.1 Å². The summed E-state index contributed by atoms with van der Waals surface area (Å²) in [4.78, 5) is 19.3. The van der Waals surface area contributed by atoms with Gasteiger partial charge in [-0.25, -0.2) is 4.98 Å². The zero-order chi connectivity index (χ0) is 14.0. The van der Waals surface area contributed by atoms with Crippen LogP contribution in [0.25, 0.3) is 0 Å². The van der Waals surface area contributed by atoms with Gasteiger partial charge in [0.2, 0.25) is 5.82 Å². The number of rotatable bonds is 3. The molecule has 104 valence electrons. The van der Waals surface area contributed by atoms with Crippen LogP contribution in [0, 0.1) is 10.1 Å². The smallest absolute Gasteiger partial charge is 0.312 e. The molecule has 1 atom stereocenters. The first-order valence-corrected chi connectivity index (χ1v) is 7.11. The van der Waals surface area contributed by atoms with Crippen molar-refractivity contribution in [1.82, 2.24) is 9.88 Å². The summed E-state index contributed by atoms with van der Waals surface area (Å²) in [6.07, 6.45) is 1.61.